The van der Waals surface area contributed by atoms with Gasteiger partial charge in [0.15, 0.2) is 5.75 Å². The van der Waals surface area contributed by atoms with Gasteiger partial charge in [0.05, 0.1) is 20.9 Å². The highest BCUT2D eigenvalue weighted by Crippen LogP contribution is 2.39. The smallest absolute Gasteiger partial charge is 0.307 e. The molecule has 1 amide bonds. The third kappa shape index (κ3) is 6.36. The molecule has 2 N–H and O–H groups in total. The van der Waals surface area contributed by atoms with Crippen LogP contribution in [-0.2, 0) is 11.2 Å². The number of rotatable bonds is 9. The number of halogens is 2. The van der Waals surface area contributed by atoms with Crippen LogP contribution in [0.5, 0.6) is 17.2 Å². The lowest BCUT2D eigenvalue weighted by Crippen LogP contribution is -2.32. The number of phenolic OH excluding ortho intramolecular Hbond substituents is 1. The number of hydrogen-bond acceptors (Lipinski definition) is 4. The summed E-state index contributed by atoms with van der Waals surface area (Å²) in [5.41, 5.74) is 1.48. The fraction of sp³-hybridized carbons (Fsp3) is 0.200. The number of ether oxygens (including phenoxy) is 1. The predicted molar refractivity (Wildman–Crippen MR) is 134 cm³/mol. The molecule has 0 saturated heterocycles. The molecule has 0 unspecified atom stereocenters. The molecule has 0 spiro atoms. The van der Waals surface area contributed by atoms with Gasteiger partial charge in [-0.3, -0.25) is 9.59 Å². The molecule has 0 aliphatic rings. The second kappa shape index (κ2) is 11.3. The molecule has 0 atom stereocenters. The lowest BCUT2D eigenvalue weighted by molar-refractivity contribution is -0.136. The monoisotopic (exact) mass is 575 g/mol. The second-order valence-corrected chi connectivity index (χ2v) is 9.09. The van der Waals surface area contributed by atoms with Gasteiger partial charge in [-0.25, -0.2) is 0 Å². The number of carboxylic acids is 1. The first-order chi connectivity index (χ1) is 15.8. The number of hydrogen-bond donors (Lipinski definition) is 2. The fourth-order valence-corrected chi connectivity index (χ4v) is 4.71. The summed E-state index contributed by atoms with van der Waals surface area (Å²) in [6, 6.07) is 17.2. The topological polar surface area (TPSA) is 87.1 Å². The summed E-state index contributed by atoms with van der Waals surface area (Å²) in [6.45, 7) is 2.57. The van der Waals surface area contributed by atoms with E-state index in [9.17, 15) is 14.7 Å². The number of carboxylic acid groups (broad SMARTS) is 1. The van der Waals surface area contributed by atoms with Crippen LogP contribution in [0.2, 0.25) is 0 Å². The van der Waals surface area contributed by atoms with E-state index in [-0.39, 0.29) is 23.6 Å². The highest BCUT2D eigenvalue weighted by Gasteiger charge is 2.22. The van der Waals surface area contributed by atoms with E-state index in [2.05, 4.69) is 38.8 Å². The summed E-state index contributed by atoms with van der Waals surface area (Å²) >= 11 is 6.83. The summed E-state index contributed by atoms with van der Waals surface area (Å²) < 4.78 is 7.11. The SMILES string of the molecule is CCCCN(C(=O)c1cc(Oc2c(Br)cc(CC(=O)O)cc2Br)ccc1O)c1ccccc1. The Morgan fingerprint density at radius 1 is 1.00 bits per heavy atom. The summed E-state index contributed by atoms with van der Waals surface area (Å²) in [4.78, 5) is 26.0. The molecule has 8 heteroatoms. The Morgan fingerprint density at radius 2 is 1.67 bits per heavy atom. The van der Waals surface area contributed by atoms with Crippen molar-refractivity contribution in [3.8, 4) is 17.2 Å². The zero-order valence-electron chi connectivity index (χ0n) is 17.9. The average molecular weight is 577 g/mol. The van der Waals surface area contributed by atoms with E-state index >= 15 is 0 Å². The number of unbranched alkanes of at least 4 members (excludes halogenated alkanes) is 1. The minimum atomic E-state index is -0.935. The van der Waals surface area contributed by atoms with Gasteiger partial charge in [0.1, 0.15) is 11.5 Å². The van der Waals surface area contributed by atoms with Crippen LogP contribution in [0.1, 0.15) is 35.7 Å². The maximum atomic E-state index is 13.4. The van der Waals surface area contributed by atoms with Gasteiger partial charge in [-0.2, -0.15) is 0 Å². The third-order valence-electron chi connectivity index (χ3n) is 4.88. The molecule has 0 aromatic heterocycles. The Bertz CT molecular complexity index is 1130. The zero-order valence-corrected chi connectivity index (χ0v) is 21.1. The van der Waals surface area contributed by atoms with E-state index < -0.39 is 5.97 Å². The Balaban J connectivity index is 1.92. The number of anilines is 1. The van der Waals surface area contributed by atoms with Crippen LogP contribution >= 0.6 is 31.9 Å². The Kier molecular flexibility index (Phi) is 8.52. The molecule has 0 bridgehead atoms. The van der Waals surface area contributed by atoms with Crippen molar-refractivity contribution in [2.24, 2.45) is 0 Å². The molecule has 6 nitrogen and oxygen atoms in total. The van der Waals surface area contributed by atoms with Gasteiger partial charge < -0.3 is 19.8 Å². The van der Waals surface area contributed by atoms with Crippen LogP contribution in [0.25, 0.3) is 0 Å². The molecule has 3 aromatic rings. The van der Waals surface area contributed by atoms with Crippen molar-refractivity contribution in [3.05, 3.63) is 80.7 Å². The lowest BCUT2D eigenvalue weighted by atomic mass is 10.1. The molecule has 0 heterocycles. The zero-order chi connectivity index (χ0) is 24.0. The normalized spacial score (nSPS) is 10.6. The lowest BCUT2D eigenvalue weighted by Gasteiger charge is -2.23. The van der Waals surface area contributed by atoms with E-state index in [0.29, 0.717) is 32.6 Å². The molecule has 172 valence electrons. The standard InChI is InChI=1S/C25H23Br2NO5/c1-2-3-11-28(17-7-5-4-6-8-17)25(32)19-15-18(9-10-22(19)29)33-24-20(26)12-16(13-21(24)27)14-23(30)31/h4-10,12-13,15,29H,2-3,11,14H2,1H3,(H,30,31). The number of amides is 1. The van der Waals surface area contributed by atoms with E-state index in [4.69, 9.17) is 9.84 Å². The van der Waals surface area contributed by atoms with Gasteiger partial charge >= 0.3 is 5.97 Å². The molecule has 0 saturated carbocycles. The number of phenols is 1. The minimum absolute atomic E-state index is 0.123. The van der Waals surface area contributed by atoms with E-state index in [1.54, 1.807) is 23.1 Å². The van der Waals surface area contributed by atoms with Crippen LogP contribution in [-0.4, -0.2) is 28.6 Å². The summed E-state index contributed by atoms with van der Waals surface area (Å²) in [6.07, 6.45) is 1.62. The number of aliphatic carboxylic acids is 1. The number of para-hydroxylation sites is 1. The number of benzene rings is 3. The summed E-state index contributed by atoms with van der Waals surface area (Å²) in [5.74, 6) is -0.617. The van der Waals surface area contributed by atoms with Crippen molar-refractivity contribution in [2.45, 2.75) is 26.2 Å². The third-order valence-corrected chi connectivity index (χ3v) is 6.06. The van der Waals surface area contributed by atoms with Crippen LogP contribution in [0, 0.1) is 0 Å². The minimum Gasteiger partial charge on any atom is -0.507 e. The Labute approximate surface area is 209 Å². The molecule has 3 aromatic carbocycles. The van der Waals surface area contributed by atoms with Crippen LogP contribution in [0.4, 0.5) is 5.69 Å². The Morgan fingerprint density at radius 3 is 2.27 bits per heavy atom. The molecule has 0 fully saturated rings. The van der Waals surface area contributed by atoms with Crippen molar-refractivity contribution >= 4 is 49.4 Å². The number of nitrogens with zero attached hydrogens (tertiary/aromatic N) is 1. The second-order valence-electron chi connectivity index (χ2n) is 7.39. The number of aromatic hydroxyl groups is 1. The van der Waals surface area contributed by atoms with Crippen LogP contribution < -0.4 is 9.64 Å². The first kappa shape index (κ1) is 24.8. The van der Waals surface area contributed by atoms with Crippen molar-refractivity contribution < 1.29 is 24.5 Å². The van der Waals surface area contributed by atoms with Gasteiger partial charge in [0, 0.05) is 12.2 Å². The van der Waals surface area contributed by atoms with Gasteiger partial charge in [-0.1, -0.05) is 31.5 Å². The molecular weight excluding hydrogens is 554 g/mol. The number of carbonyl (C=O) groups is 2. The molecule has 33 heavy (non-hydrogen) atoms. The molecule has 0 aliphatic heterocycles. The van der Waals surface area contributed by atoms with E-state index in [1.807, 2.05) is 30.3 Å². The van der Waals surface area contributed by atoms with Crippen molar-refractivity contribution in [3.63, 3.8) is 0 Å². The highest BCUT2D eigenvalue weighted by molar-refractivity contribution is 9.11. The van der Waals surface area contributed by atoms with Crippen molar-refractivity contribution in [1.29, 1.82) is 0 Å². The largest absolute Gasteiger partial charge is 0.507 e. The molecule has 0 radical (unpaired) electrons. The molecule has 3 rings (SSSR count). The van der Waals surface area contributed by atoms with Crippen molar-refractivity contribution in [1.82, 2.24) is 0 Å². The van der Waals surface area contributed by atoms with Crippen LogP contribution in [0.3, 0.4) is 0 Å². The maximum absolute atomic E-state index is 13.4. The van der Waals surface area contributed by atoms with Gasteiger partial charge in [-0.05, 0) is 86.3 Å². The van der Waals surface area contributed by atoms with E-state index in [1.165, 1.54) is 12.1 Å². The quantitative estimate of drug-likeness (QED) is 0.293. The molecular formula is C25H23Br2NO5. The van der Waals surface area contributed by atoms with Gasteiger partial charge in [0.25, 0.3) is 5.91 Å². The van der Waals surface area contributed by atoms with Crippen molar-refractivity contribution in [2.75, 3.05) is 11.4 Å². The fourth-order valence-electron chi connectivity index (χ4n) is 3.27. The van der Waals surface area contributed by atoms with Gasteiger partial charge in [0.2, 0.25) is 0 Å². The maximum Gasteiger partial charge on any atom is 0.307 e. The Hall–Kier alpha value is -2.84. The predicted octanol–water partition coefficient (Wildman–Crippen LogP) is 6.78. The van der Waals surface area contributed by atoms with Gasteiger partial charge in [-0.15, -0.1) is 0 Å². The number of carbonyl (C=O) groups excluding carboxylic acids is 1. The summed E-state index contributed by atoms with van der Waals surface area (Å²) in [5, 5.41) is 19.5. The molecule has 0 aliphatic carbocycles. The summed E-state index contributed by atoms with van der Waals surface area (Å²) in [7, 11) is 0. The highest BCUT2D eigenvalue weighted by atomic mass is 79.9. The first-order valence-electron chi connectivity index (χ1n) is 10.4. The van der Waals surface area contributed by atoms with E-state index in [0.717, 1.165) is 18.5 Å². The average Bonchev–Trinajstić information content (AvgIpc) is 2.77. The van der Waals surface area contributed by atoms with Crippen LogP contribution in [0.15, 0.2) is 69.6 Å². The first-order valence-corrected chi connectivity index (χ1v) is 12.0.